The van der Waals surface area contributed by atoms with Crippen LogP contribution in [0.3, 0.4) is 0 Å². The van der Waals surface area contributed by atoms with Gasteiger partial charge in [-0.25, -0.2) is 0 Å². The molecule has 4 aliphatic carbocycles. The summed E-state index contributed by atoms with van der Waals surface area (Å²) in [6, 6.07) is 0. The van der Waals surface area contributed by atoms with Crippen molar-refractivity contribution in [3.8, 4) is 0 Å². The summed E-state index contributed by atoms with van der Waals surface area (Å²) in [5, 5.41) is 0. The predicted octanol–water partition coefficient (Wildman–Crippen LogP) is 10.1. The largest absolute Gasteiger partial charge is 0.0651 e. The van der Waals surface area contributed by atoms with Crippen LogP contribution in [0.5, 0.6) is 0 Å². The fraction of sp³-hybridized carbons (Fsp3) is 1.00. The summed E-state index contributed by atoms with van der Waals surface area (Å²) in [5.41, 5.74) is 1.34. The normalized spacial score (nSPS) is 48.0. The van der Waals surface area contributed by atoms with E-state index >= 15 is 0 Å². The van der Waals surface area contributed by atoms with Crippen LogP contribution < -0.4 is 0 Å². The lowest BCUT2D eigenvalue weighted by Gasteiger charge is -2.61. The smallest absolute Gasteiger partial charge is 0 e. The van der Waals surface area contributed by atoms with Gasteiger partial charge < -0.3 is 0 Å². The monoisotopic (exact) mass is 420 g/mol. The molecule has 180 valence electrons. The second kappa shape index (κ2) is 8.74. The minimum absolute atomic E-state index is 0. The van der Waals surface area contributed by atoms with Crippen molar-refractivity contribution in [2.24, 2.45) is 64.1 Å². The van der Waals surface area contributed by atoms with Crippen LogP contribution in [0.2, 0.25) is 0 Å². The van der Waals surface area contributed by atoms with Crippen molar-refractivity contribution >= 4 is 0 Å². The van der Waals surface area contributed by atoms with E-state index in [1.165, 1.54) is 38.5 Å². The molecule has 0 saturated heterocycles. The molecule has 0 aromatic heterocycles. The highest BCUT2D eigenvalue weighted by atomic mass is 14.6. The van der Waals surface area contributed by atoms with Crippen molar-refractivity contribution in [1.82, 2.24) is 0 Å². The van der Waals surface area contributed by atoms with Crippen LogP contribution in [-0.2, 0) is 0 Å². The minimum atomic E-state index is 0. The lowest BCUT2D eigenvalue weighted by Crippen LogP contribution is -2.53. The molecule has 0 N–H and O–H groups in total. The molecule has 0 aromatic rings. The topological polar surface area (TPSA) is 0 Å². The van der Waals surface area contributed by atoms with Crippen molar-refractivity contribution in [1.29, 1.82) is 0 Å². The highest BCUT2D eigenvalue weighted by molar-refractivity contribution is 5.09. The van der Waals surface area contributed by atoms with Gasteiger partial charge >= 0.3 is 0 Å². The number of fused-ring (bicyclic) bond motifs is 5. The molecule has 4 aliphatic rings. The van der Waals surface area contributed by atoms with E-state index < -0.39 is 0 Å². The maximum Gasteiger partial charge on any atom is 0 e. The van der Waals surface area contributed by atoms with Crippen LogP contribution >= 0.6 is 0 Å². The fourth-order valence-corrected chi connectivity index (χ4v) is 10.1. The average Bonchev–Trinajstić information content (AvgIpc) is 3.06. The van der Waals surface area contributed by atoms with Gasteiger partial charge in [0.2, 0.25) is 0 Å². The molecule has 30 heavy (non-hydrogen) atoms. The second-order valence-corrected chi connectivity index (χ2v) is 13.7. The minimum Gasteiger partial charge on any atom is -0.0651 e. The molecule has 0 bridgehead atoms. The summed E-state index contributed by atoms with van der Waals surface area (Å²) >= 11 is 0. The van der Waals surface area contributed by atoms with Gasteiger partial charge in [-0.15, -0.1) is 0 Å². The molecule has 0 amide bonds. The average molecular weight is 421 g/mol. The van der Waals surface area contributed by atoms with E-state index in [9.17, 15) is 0 Å². The van der Waals surface area contributed by atoms with Crippen molar-refractivity contribution in [3.05, 3.63) is 0 Å². The molecule has 4 unspecified atom stereocenters. The third-order valence-electron chi connectivity index (χ3n) is 12.1. The summed E-state index contributed by atoms with van der Waals surface area (Å²) in [4.78, 5) is 0. The summed E-state index contributed by atoms with van der Waals surface area (Å²) in [6.07, 6.45) is 18.2. The fourth-order valence-electron chi connectivity index (χ4n) is 10.1. The second-order valence-electron chi connectivity index (χ2n) is 13.7. The molecule has 0 heteroatoms. The maximum atomic E-state index is 2.76. The van der Waals surface area contributed by atoms with Crippen LogP contribution in [0.1, 0.15) is 130 Å². The summed E-state index contributed by atoms with van der Waals surface area (Å²) in [7, 11) is 0. The third kappa shape index (κ3) is 3.83. The summed E-state index contributed by atoms with van der Waals surface area (Å²) in [5.74, 6) is 8.95. The molecule has 0 radical (unpaired) electrons. The van der Waals surface area contributed by atoms with Crippen LogP contribution in [0.15, 0.2) is 0 Å². The molecule has 0 spiro atoms. The number of rotatable bonds is 6. The Morgan fingerprint density at radius 3 is 2.23 bits per heavy atom. The zero-order valence-corrected chi connectivity index (χ0v) is 21.7. The molecule has 0 nitrogen and oxygen atoms in total. The van der Waals surface area contributed by atoms with Gasteiger partial charge in [0.15, 0.2) is 0 Å². The Morgan fingerprint density at radius 1 is 0.833 bits per heavy atom. The van der Waals surface area contributed by atoms with Crippen LogP contribution in [0, 0.1) is 64.1 Å². The van der Waals surface area contributed by atoms with Crippen molar-refractivity contribution in [3.63, 3.8) is 0 Å². The zero-order valence-electron chi connectivity index (χ0n) is 21.7. The Kier molecular flexibility index (Phi) is 6.75. The van der Waals surface area contributed by atoms with Crippen LogP contribution in [0.25, 0.3) is 0 Å². The van der Waals surface area contributed by atoms with Gasteiger partial charge in [0.1, 0.15) is 0 Å². The quantitative estimate of drug-likeness (QED) is 0.401. The molecule has 0 aliphatic heterocycles. The first-order valence-electron chi connectivity index (χ1n) is 14.2. The van der Waals surface area contributed by atoms with E-state index in [1.807, 2.05) is 0 Å². The zero-order chi connectivity index (χ0) is 21.7. The van der Waals surface area contributed by atoms with Gasteiger partial charge in [-0.3, -0.25) is 0 Å². The van der Waals surface area contributed by atoms with E-state index in [4.69, 9.17) is 0 Å². The van der Waals surface area contributed by atoms with Gasteiger partial charge in [-0.1, -0.05) is 67.7 Å². The standard InChI is InChI=1S/C30H54.3H2/c1-8-23(20(2)3)10-9-22(5)26-13-14-27-25-12-11-24-19-21(4)15-17-29(24,6)28(25)16-18-30(26,27)7;;;/h20-28H,8-19H2,1-7H3;3*1H/t21-,22+,23-,24?,25-,26?,27?,28?,29-,30+;;;/m0.../s1. The van der Waals surface area contributed by atoms with E-state index in [0.29, 0.717) is 10.8 Å². The lowest BCUT2D eigenvalue weighted by atomic mass is 9.44. The van der Waals surface area contributed by atoms with Crippen LogP contribution in [0.4, 0.5) is 0 Å². The number of hydrogen-bond donors (Lipinski definition) is 0. The Balaban J connectivity index is 0.00000181. The first-order chi connectivity index (χ1) is 14.2. The SMILES string of the molecule is CC[C@@H](CC[C@@H](C)C1CCC2[C@@H]3CCC4C[C@@H](C)CC[C@]4(C)C3CC[C@@]21C)C(C)C.[HH].[HH].[HH]. The van der Waals surface area contributed by atoms with E-state index in [2.05, 4.69) is 48.5 Å². The van der Waals surface area contributed by atoms with Crippen molar-refractivity contribution in [2.45, 2.75) is 126 Å². The van der Waals surface area contributed by atoms with Gasteiger partial charge in [-0.05, 0) is 122 Å². The molecule has 0 aromatic carbocycles. The van der Waals surface area contributed by atoms with Crippen molar-refractivity contribution in [2.75, 3.05) is 0 Å². The molecule has 4 fully saturated rings. The Hall–Kier alpha value is 0. The van der Waals surface area contributed by atoms with E-state index in [1.54, 1.807) is 38.5 Å². The summed E-state index contributed by atoms with van der Waals surface area (Å²) < 4.78 is 0. The van der Waals surface area contributed by atoms with Crippen LogP contribution in [-0.4, -0.2) is 0 Å². The molecule has 4 saturated carbocycles. The van der Waals surface area contributed by atoms with E-state index in [-0.39, 0.29) is 4.28 Å². The highest BCUT2D eigenvalue weighted by Gasteiger charge is 2.60. The lowest BCUT2D eigenvalue weighted by molar-refractivity contribution is -0.120. The summed E-state index contributed by atoms with van der Waals surface area (Å²) in [6.45, 7) is 18.0. The molecule has 10 atom stereocenters. The number of hydrogen-bond acceptors (Lipinski definition) is 0. The third-order valence-corrected chi connectivity index (χ3v) is 12.1. The Labute approximate surface area is 194 Å². The maximum absolute atomic E-state index is 2.76. The molecule has 0 heterocycles. The van der Waals surface area contributed by atoms with Gasteiger partial charge in [-0.2, -0.15) is 0 Å². The van der Waals surface area contributed by atoms with Gasteiger partial charge in [0, 0.05) is 4.28 Å². The first kappa shape index (κ1) is 23.2. The molecular formula is C30H60. The Bertz CT molecular complexity index is 591. The van der Waals surface area contributed by atoms with Gasteiger partial charge in [0.05, 0.1) is 0 Å². The highest BCUT2D eigenvalue weighted by Crippen LogP contribution is 2.68. The Morgan fingerprint density at radius 2 is 1.53 bits per heavy atom. The molecular weight excluding hydrogens is 360 g/mol. The van der Waals surface area contributed by atoms with E-state index in [0.717, 1.165) is 53.3 Å². The van der Waals surface area contributed by atoms with Gasteiger partial charge in [0.25, 0.3) is 0 Å². The van der Waals surface area contributed by atoms with Crippen molar-refractivity contribution < 1.29 is 4.28 Å². The predicted molar refractivity (Wildman–Crippen MR) is 138 cm³/mol. The first-order valence-corrected chi connectivity index (χ1v) is 14.2. The molecule has 4 rings (SSSR count).